The molecule has 4 nitrogen and oxygen atoms in total. The molecule has 0 saturated heterocycles. The van der Waals surface area contributed by atoms with E-state index in [1.165, 1.54) is 0 Å². The molecule has 0 heterocycles. The van der Waals surface area contributed by atoms with Crippen molar-refractivity contribution >= 4 is 5.97 Å². The summed E-state index contributed by atoms with van der Waals surface area (Å²) in [5, 5.41) is 18.5. The molecule has 122 valence electrons. The van der Waals surface area contributed by atoms with Gasteiger partial charge in [0.1, 0.15) is 0 Å². The lowest BCUT2D eigenvalue weighted by Crippen LogP contribution is -2.32. The van der Waals surface area contributed by atoms with Crippen LogP contribution >= 0.6 is 0 Å². The van der Waals surface area contributed by atoms with E-state index < -0.39 is 11.4 Å². The van der Waals surface area contributed by atoms with Gasteiger partial charge in [0.15, 0.2) is 0 Å². The fraction of sp³-hybridized carbons (Fsp3) is 0.316. The first kappa shape index (κ1) is 17.2. The molecule has 0 aliphatic carbocycles. The lowest BCUT2D eigenvalue weighted by molar-refractivity contribution is -0.150. The number of carbonyl (C=O) groups is 1. The molecule has 0 radical (unpaired) electrons. The lowest BCUT2D eigenvalue weighted by atomic mass is 9.84. The molecule has 4 heteroatoms. The predicted octanol–water partition coefficient (Wildman–Crippen LogP) is 3.22. The Bertz CT molecular complexity index is 639. The number of carboxylic acids is 1. The van der Waals surface area contributed by atoms with Crippen molar-refractivity contribution in [3.05, 3.63) is 60.2 Å². The smallest absolute Gasteiger partial charge is 0.311 e. The van der Waals surface area contributed by atoms with Crippen LogP contribution in [0.15, 0.2) is 54.6 Å². The maximum absolute atomic E-state index is 11.2. The molecule has 0 aliphatic rings. The van der Waals surface area contributed by atoms with Crippen LogP contribution in [0, 0.1) is 5.41 Å². The van der Waals surface area contributed by atoms with Crippen LogP contribution in [0.25, 0.3) is 11.1 Å². The van der Waals surface area contributed by atoms with Crippen molar-refractivity contribution in [2.75, 3.05) is 6.61 Å². The largest absolute Gasteiger partial charge is 0.481 e. The molecule has 2 aromatic rings. The topological polar surface area (TPSA) is 83.5 Å². The molecule has 0 bridgehead atoms. The summed E-state index contributed by atoms with van der Waals surface area (Å²) in [5.41, 5.74) is 8.26. The zero-order valence-corrected chi connectivity index (χ0v) is 13.3. The monoisotopic (exact) mass is 313 g/mol. The minimum atomic E-state index is -1.14. The Morgan fingerprint density at radius 1 is 1.09 bits per heavy atom. The Morgan fingerprint density at radius 2 is 1.65 bits per heavy atom. The normalized spacial score (nSPS) is 14.9. The number of aliphatic hydroxyl groups excluding tert-OH is 1. The molecule has 2 atom stereocenters. The molecule has 0 spiro atoms. The lowest BCUT2D eigenvalue weighted by Gasteiger charge is -2.24. The summed E-state index contributed by atoms with van der Waals surface area (Å²) in [5.74, 6) is -0.994. The van der Waals surface area contributed by atoms with Crippen molar-refractivity contribution in [2.45, 2.75) is 25.8 Å². The zero-order valence-electron chi connectivity index (χ0n) is 13.3. The fourth-order valence-electron chi connectivity index (χ4n) is 2.45. The number of carboxylic acid groups (broad SMARTS) is 1. The average molecular weight is 313 g/mol. The minimum Gasteiger partial charge on any atom is -0.481 e. The molecule has 23 heavy (non-hydrogen) atoms. The Morgan fingerprint density at radius 3 is 2.17 bits per heavy atom. The van der Waals surface area contributed by atoms with Crippen LogP contribution in [-0.4, -0.2) is 22.8 Å². The van der Waals surface area contributed by atoms with Crippen LogP contribution in [0.3, 0.4) is 0 Å². The maximum atomic E-state index is 11.2. The molecular weight excluding hydrogens is 290 g/mol. The van der Waals surface area contributed by atoms with E-state index in [1.54, 1.807) is 6.92 Å². The Labute approximate surface area is 136 Å². The molecule has 0 aromatic heterocycles. The van der Waals surface area contributed by atoms with Gasteiger partial charge in [-0.25, -0.2) is 0 Å². The first-order valence-electron chi connectivity index (χ1n) is 7.71. The summed E-state index contributed by atoms with van der Waals surface area (Å²) in [6.07, 6.45) is 0.842. The van der Waals surface area contributed by atoms with Gasteiger partial charge in [-0.15, -0.1) is 0 Å². The summed E-state index contributed by atoms with van der Waals surface area (Å²) in [7, 11) is 0. The van der Waals surface area contributed by atoms with E-state index in [2.05, 4.69) is 12.1 Å². The Hall–Kier alpha value is -2.17. The van der Waals surface area contributed by atoms with Crippen molar-refractivity contribution in [1.29, 1.82) is 0 Å². The summed E-state index contributed by atoms with van der Waals surface area (Å²) in [6.45, 7) is 1.16. The number of hydrogen-bond acceptors (Lipinski definition) is 3. The predicted molar refractivity (Wildman–Crippen MR) is 90.9 cm³/mol. The van der Waals surface area contributed by atoms with Crippen LogP contribution in [0.1, 0.15) is 31.4 Å². The van der Waals surface area contributed by atoms with Gasteiger partial charge in [0.2, 0.25) is 0 Å². The first-order valence-corrected chi connectivity index (χ1v) is 7.71. The van der Waals surface area contributed by atoms with Crippen molar-refractivity contribution in [1.82, 2.24) is 0 Å². The van der Waals surface area contributed by atoms with E-state index in [0.717, 1.165) is 16.7 Å². The van der Waals surface area contributed by atoms with Crippen molar-refractivity contribution < 1.29 is 15.0 Å². The number of nitrogens with two attached hydrogens (primary N) is 1. The second kappa shape index (κ2) is 7.40. The summed E-state index contributed by atoms with van der Waals surface area (Å²) in [6, 6.07) is 17.8. The number of benzene rings is 2. The van der Waals surface area contributed by atoms with Crippen molar-refractivity contribution in [3.63, 3.8) is 0 Å². The maximum Gasteiger partial charge on any atom is 0.311 e. The Balaban J connectivity index is 2.03. The number of rotatable bonds is 7. The van der Waals surface area contributed by atoms with Crippen LogP contribution in [0.5, 0.6) is 0 Å². The van der Waals surface area contributed by atoms with Crippen LogP contribution in [0.2, 0.25) is 0 Å². The fourth-order valence-corrected chi connectivity index (χ4v) is 2.45. The number of hydrogen-bond donors (Lipinski definition) is 3. The van der Waals surface area contributed by atoms with Crippen LogP contribution < -0.4 is 5.73 Å². The third kappa shape index (κ3) is 4.18. The van der Waals surface area contributed by atoms with Gasteiger partial charge in [-0.1, -0.05) is 54.6 Å². The van der Waals surface area contributed by atoms with Gasteiger partial charge in [-0.05, 0) is 36.5 Å². The van der Waals surface area contributed by atoms with Gasteiger partial charge >= 0.3 is 5.97 Å². The van der Waals surface area contributed by atoms with Gasteiger partial charge in [0.05, 0.1) is 12.0 Å². The van der Waals surface area contributed by atoms with Gasteiger partial charge in [0, 0.05) is 6.04 Å². The van der Waals surface area contributed by atoms with E-state index in [0.29, 0.717) is 12.8 Å². The second-order valence-corrected chi connectivity index (χ2v) is 6.16. The second-order valence-electron chi connectivity index (χ2n) is 6.16. The van der Waals surface area contributed by atoms with Gasteiger partial charge in [-0.2, -0.15) is 0 Å². The average Bonchev–Trinajstić information content (AvgIpc) is 2.60. The molecule has 0 fully saturated rings. The molecule has 0 saturated carbocycles. The number of aliphatic hydroxyl groups is 1. The highest BCUT2D eigenvalue weighted by molar-refractivity contribution is 5.74. The number of aliphatic carboxylic acids is 1. The molecule has 4 N–H and O–H groups in total. The Kier molecular flexibility index (Phi) is 5.53. The quantitative estimate of drug-likeness (QED) is 0.733. The van der Waals surface area contributed by atoms with E-state index in [1.807, 2.05) is 42.5 Å². The van der Waals surface area contributed by atoms with Crippen LogP contribution in [-0.2, 0) is 4.79 Å². The highest BCUT2D eigenvalue weighted by Gasteiger charge is 2.32. The minimum absolute atomic E-state index is 0.245. The molecule has 2 aromatic carbocycles. The summed E-state index contributed by atoms with van der Waals surface area (Å²) in [4.78, 5) is 11.2. The molecule has 2 rings (SSSR count). The van der Waals surface area contributed by atoms with E-state index in [4.69, 9.17) is 5.73 Å². The third-order valence-electron chi connectivity index (χ3n) is 4.32. The first-order chi connectivity index (χ1) is 11.0. The highest BCUT2D eigenvalue weighted by atomic mass is 16.4. The van der Waals surface area contributed by atoms with E-state index in [-0.39, 0.29) is 12.6 Å². The standard InChI is InChI=1S/C19H23NO3/c1-19(13-21,18(22)23)12-11-17(20)16-9-7-15(8-10-16)14-5-3-2-4-6-14/h2-10,17,21H,11-13,20H2,1H3,(H,22,23). The van der Waals surface area contributed by atoms with Gasteiger partial charge in [0.25, 0.3) is 0 Å². The third-order valence-corrected chi connectivity index (χ3v) is 4.32. The highest BCUT2D eigenvalue weighted by Crippen LogP contribution is 2.28. The van der Waals surface area contributed by atoms with E-state index >= 15 is 0 Å². The van der Waals surface area contributed by atoms with E-state index in [9.17, 15) is 15.0 Å². The molecular formula is C19H23NO3. The summed E-state index contributed by atoms with van der Waals surface area (Å²) < 4.78 is 0. The van der Waals surface area contributed by atoms with Crippen LogP contribution in [0.4, 0.5) is 0 Å². The zero-order chi connectivity index (χ0) is 16.9. The van der Waals surface area contributed by atoms with Crippen molar-refractivity contribution in [3.8, 4) is 11.1 Å². The molecule has 0 amide bonds. The summed E-state index contributed by atoms with van der Waals surface area (Å²) >= 11 is 0. The molecule has 2 unspecified atom stereocenters. The molecule has 0 aliphatic heterocycles. The van der Waals surface area contributed by atoms with Gasteiger partial charge < -0.3 is 15.9 Å². The van der Waals surface area contributed by atoms with Crippen molar-refractivity contribution in [2.24, 2.45) is 11.1 Å². The van der Waals surface area contributed by atoms with Gasteiger partial charge in [-0.3, -0.25) is 4.79 Å². The SMILES string of the molecule is CC(CO)(CCC(N)c1ccc(-c2ccccc2)cc1)C(=O)O.